The van der Waals surface area contributed by atoms with Gasteiger partial charge in [-0.25, -0.2) is 4.68 Å². The molecule has 0 unspecified atom stereocenters. The van der Waals surface area contributed by atoms with Gasteiger partial charge in [-0.3, -0.25) is 4.79 Å². The van der Waals surface area contributed by atoms with Gasteiger partial charge in [0.1, 0.15) is 11.6 Å². The molecule has 0 saturated carbocycles. The lowest BCUT2D eigenvalue weighted by atomic mass is 10.2. The molecule has 31 heavy (non-hydrogen) atoms. The van der Waals surface area contributed by atoms with E-state index in [0.29, 0.717) is 23.5 Å². The molecule has 1 amide bonds. The van der Waals surface area contributed by atoms with Crippen molar-refractivity contribution in [2.75, 3.05) is 18.2 Å². The first-order chi connectivity index (χ1) is 15.1. The number of nitrogens with zero attached hydrogens (tertiary/aromatic N) is 4. The van der Waals surface area contributed by atoms with Crippen molar-refractivity contribution >= 4 is 23.5 Å². The van der Waals surface area contributed by atoms with Crippen molar-refractivity contribution in [2.45, 2.75) is 18.7 Å². The predicted octanol–water partition coefficient (Wildman–Crippen LogP) is 4.03. The van der Waals surface area contributed by atoms with Gasteiger partial charge in [-0.1, -0.05) is 42.1 Å². The molecule has 8 nitrogen and oxygen atoms in total. The Balaban J connectivity index is 1.35. The lowest BCUT2D eigenvalue weighted by molar-refractivity contribution is -0.113. The number of amides is 1. The van der Waals surface area contributed by atoms with Crippen molar-refractivity contribution in [3.05, 3.63) is 71.9 Å². The molecule has 1 N–H and O–H groups in total. The molecule has 0 aliphatic heterocycles. The SMILES string of the molecule is COc1ccc(-c2nnc(SCC(=O)Nc3cc(C)nn3Cc3ccccc3)o2)cc1. The molecule has 0 aliphatic carbocycles. The molecule has 0 atom stereocenters. The van der Waals surface area contributed by atoms with Crippen LogP contribution in [-0.4, -0.2) is 38.7 Å². The molecule has 0 bridgehead atoms. The van der Waals surface area contributed by atoms with Crippen LogP contribution in [0.2, 0.25) is 0 Å². The largest absolute Gasteiger partial charge is 0.497 e. The number of rotatable bonds is 8. The second-order valence-corrected chi connectivity index (χ2v) is 7.68. The first-order valence-electron chi connectivity index (χ1n) is 9.59. The maximum atomic E-state index is 12.5. The molecule has 0 fully saturated rings. The van der Waals surface area contributed by atoms with Gasteiger partial charge in [-0.05, 0) is 36.8 Å². The fourth-order valence-corrected chi connectivity index (χ4v) is 3.51. The number of hydrogen-bond acceptors (Lipinski definition) is 7. The molecular formula is C22H21N5O3S. The summed E-state index contributed by atoms with van der Waals surface area (Å²) in [5.41, 5.74) is 2.72. The van der Waals surface area contributed by atoms with E-state index in [1.807, 2.05) is 67.6 Å². The molecule has 0 aliphatic rings. The van der Waals surface area contributed by atoms with Crippen molar-refractivity contribution in [3.8, 4) is 17.2 Å². The number of nitrogens with one attached hydrogen (secondary N) is 1. The number of methoxy groups -OCH3 is 1. The van der Waals surface area contributed by atoms with Crippen molar-refractivity contribution < 1.29 is 13.9 Å². The van der Waals surface area contributed by atoms with Crippen LogP contribution in [0.4, 0.5) is 5.82 Å². The van der Waals surface area contributed by atoms with Gasteiger partial charge in [0.05, 0.1) is 25.1 Å². The van der Waals surface area contributed by atoms with Crippen LogP contribution in [0.5, 0.6) is 5.75 Å². The van der Waals surface area contributed by atoms with E-state index in [0.717, 1.165) is 22.6 Å². The standard InChI is InChI=1S/C22H21N5O3S/c1-15-12-19(27(26-15)13-16-6-4-3-5-7-16)23-20(28)14-31-22-25-24-21(30-22)17-8-10-18(29-2)11-9-17/h3-12H,13-14H2,1-2H3,(H,23,28). The van der Waals surface area contributed by atoms with E-state index >= 15 is 0 Å². The Hall–Kier alpha value is -3.59. The van der Waals surface area contributed by atoms with Gasteiger partial charge < -0.3 is 14.5 Å². The number of carbonyl (C=O) groups is 1. The van der Waals surface area contributed by atoms with Gasteiger partial charge in [0.2, 0.25) is 11.8 Å². The maximum Gasteiger partial charge on any atom is 0.277 e. The number of aryl methyl sites for hydroxylation is 1. The Kier molecular flexibility index (Phi) is 6.32. The van der Waals surface area contributed by atoms with E-state index in [1.165, 1.54) is 11.8 Å². The van der Waals surface area contributed by atoms with Gasteiger partial charge in [-0.15, -0.1) is 10.2 Å². The zero-order chi connectivity index (χ0) is 21.6. The average Bonchev–Trinajstić information content (AvgIpc) is 3.39. The minimum Gasteiger partial charge on any atom is -0.497 e. The van der Waals surface area contributed by atoms with Crippen LogP contribution < -0.4 is 10.1 Å². The second-order valence-electron chi connectivity index (χ2n) is 6.75. The van der Waals surface area contributed by atoms with E-state index in [2.05, 4.69) is 20.6 Å². The summed E-state index contributed by atoms with van der Waals surface area (Å²) in [5.74, 6) is 1.75. The van der Waals surface area contributed by atoms with Gasteiger partial charge >= 0.3 is 0 Å². The van der Waals surface area contributed by atoms with Crippen molar-refractivity contribution in [1.82, 2.24) is 20.0 Å². The zero-order valence-corrected chi connectivity index (χ0v) is 17.9. The summed E-state index contributed by atoms with van der Waals surface area (Å²) in [6.07, 6.45) is 0. The van der Waals surface area contributed by atoms with Crippen LogP contribution >= 0.6 is 11.8 Å². The smallest absolute Gasteiger partial charge is 0.277 e. The molecule has 4 aromatic rings. The first-order valence-corrected chi connectivity index (χ1v) is 10.6. The van der Waals surface area contributed by atoms with E-state index in [1.54, 1.807) is 11.8 Å². The highest BCUT2D eigenvalue weighted by atomic mass is 32.2. The molecule has 2 aromatic carbocycles. The van der Waals surface area contributed by atoms with Crippen LogP contribution in [-0.2, 0) is 11.3 Å². The molecule has 2 heterocycles. The fourth-order valence-electron chi connectivity index (χ4n) is 2.95. The van der Waals surface area contributed by atoms with Crippen LogP contribution in [0.3, 0.4) is 0 Å². The lowest BCUT2D eigenvalue weighted by Gasteiger charge is -2.08. The highest BCUT2D eigenvalue weighted by Crippen LogP contribution is 2.25. The summed E-state index contributed by atoms with van der Waals surface area (Å²) >= 11 is 1.18. The fraction of sp³-hybridized carbons (Fsp3) is 0.182. The number of benzene rings is 2. The molecule has 0 radical (unpaired) electrons. The van der Waals surface area contributed by atoms with Gasteiger partial charge in [0.15, 0.2) is 0 Å². The second kappa shape index (κ2) is 9.48. The Morgan fingerprint density at radius 1 is 1.13 bits per heavy atom. The summed E-state index contributed by atoms with van der Waals surface area (Å²) in [7, 11) is 1.61. The maximum absolute atomic E-state index is 12.5. The van der Waals surface area contributed by atoms with E-state index in [4.69, 9.17) is 9.15 Å². The highest BCUT2D eigenvalue weighted by Gasteiger charge is 2.14. The van der Waals surface area contributed by atoms with Crippen LogP contribution in [0.15, 0.2) is 70.3 Å². The van der Waals surface area contributed by atoms with Crippen LogP contribution in [0.1, 0.15) is 11.3 Å². The van der Waals surface area contributed by atoms with Crippen LogP contribution in [0, 0.1) is 6.92 Å². The topological polar surface area (TPSA) is 95.1 Å². The van der Waals surface area contributed by atoms with Crippen molar-refractivity contribution in [3.63, 3.8) is 0 Å². The predicted molar refractivity (Wildman–Crippen MR) is 118 cm³/mol. The quantitative estimate of drug-likeness (QED) is 0.418. The summed E-state index contributed by atoms with van der Waals surface area (Å²) in [6.45, 7) is 2.47. The summed E-state index contributed by atoms with van der Waals surface area (Å²) in [6, 6.07) is 19.1. The molecule has 0 saturated heterocycles. The number of aromatic nitrogens is 4. The summed E-state index contributed by atoms with van der Waals surface area (Å²) in [5, 5.41) is 15.8. The Labute approximate surface area is 183 Å². The van der Waals surface area contributed by atoms with E-state index in [9.17, 15) is 4.79 Å². The van der Waals surface area contributed by atoms with Gasteiger partial charge in [0.25, 0.3) is 5.22 Å². The number of thioether (sulfide) groups is 1. The van der Waals surface area contributed by atoms with Gasteiger partial charge in [0, 0.05) is 11.6 Å². The molecule has 0 spiro atoms. The third-order valence-corrected chi connectivity index (χ3v) is 5.23. The molecular weight excluding hydrogens is 414 g/mol. The minimum atomic E-state index is -0.177. The molecule has 2 aromatic heterocycles. The average molecular weight is 436 g/mol. The Morgan fingerprint density at radius 3 is 2.65 bits per heavy atom. The minimum absolute atomic E-state index is 0.139. The number of hydrogen-bond donors (Lipinski definition) is 1. The van der Waals surface area contributed by atoms with Gasteiger partial charge in [-0.2, -0.15) is 5.10 Å². The summed E-state index contributed by atoms with van der Waals surface area (Å²) < 4.78 is 12.6. The molecule has 9 heteroatoms. The lowest BCUT2D eigenvalue weighted by Crippen LogP contribution is -2.17. The molecule has 158 valence electrons. The van der Waals surface area contributed by atoms with Crippen molar-refractivity contribution in [1.29, 1.82) is 0 Å². The van der Waals surface area contributed by atoms with Crippen LogP contribution in [0.25, 0.3) is 11.5 Å². The first kappa shape index (κ1) is 20.7. The zero-order valence-electron chi connectivity index (χ0n) is 17.1. The van der Waals surface area contributed by atoms with E-state index in [-0.39, 0.29) is 11.7 Å². The number of anilines is 1. The monoisotopic (exact) mass is 435 g/mol. The molecule has 4 rings (SSSR count). The van der Waals surface area contributed by atoms with E-state index < -0.39 is 0 Å². The van der Waals surface area contributed by atoms with Crippen molar-refractivity contribution in [2.24, 2.45) is 0 Å². The highest BCUT2D eigenvalue weighted by molar-refractivity contribution is 7.99. The Morgan fingerprint density at radius 2 is 1.90 bits per heavy atom. The number of ether oxygens (including phenoxy) is 1. The Bertz CT molecular complexity index is 1160. The summed E-state index contributed by atoms with van der Waals surface area (Å²) in [4.78, 5) is 12.5. The third kappa shape index (κ3) is 5.32. The number of carbonyl (C=O) groups excluding carboxylic acids is 1. The third-order valence-electron chi connectivity index (χ3n) is 4.41. The normalized spacial score (nSPS) is 10.8.